The Labute approximate surface area is 176 Å². The number of amides is 1. The van der Waals surface area contributed by atoms with E-state index in [0.29, 0.717) is 24.6 Å². The highest BCUT2D eigenvalue weighted by Crippen LogP contribution is 2.29. The second kappa shape index (κ2) is 11.2. The Balaban J connectivity index is 0.00000280. The number of nitrogens with one attached hydrogen (secondary N) is 1. The molecule has 1 N–H and O–H groups in total. The van der Waals surface area contributed by atoms with E-state index in [1.165, 1.54) is 11.3 Å². The maximum absolute atomic E-state index is 13.0. The molecule has 1 amide bonds. The molecule has 1 aromatic heterocycles. The summed E-state index contributed by atoms with van der Waals surface area (Å²) in [5, 5.41) is 6.00. The molecule has 0 aliphatic carbocycles. The molecule has 3 rings (SSSR count). The number of ether oxygens (including phenoxy) is 2. The fourth-order valence-corrected chi connectivity index (χ4v) is 4.06. The lowest BCUT2D eigenvalue weighted by Crippen LogP contribution is -2.32. The first-order valence-corrected chi connectivity index (χ1v) is 10.2. The minimum Gasteiger partial charge on any atom is -0.497 e. The van der Waals surface area contributed by atoms with Crippen LogP contribution in [0.4, 0.5) is 5.13 Å². The van der Waals surface area contributed by atoms with Crippen LogP contribution in [0.3, 0.4) is 0 Å². The number of carbonyl (C=O) groups is 1. The van der Waals surface area contributed by atoms with Crippen LogP contribution < -0.4 is 19.7 Å². The number of hydrogen-bond donors (Lipinski definition) is 1. The van der Waals surface area contributed by atoms with Crippen molar-refractivity contribution in [1.29, 1.82) is 0 Å². The van der Waals surface area contributed by atoms with Gasteiger partial charge < -0.3 is 14.8 Å². The first kappa shape index (κ1) is 22.5. The Morgan fingerprint density at radius 3 is 2.71 bits per heavy atom. The van der Waals surface area contributed by atoms with Crippen LogP contribution >= 0.6 is 23.7 Å². The van der Waals surface area contributed by atoms with Crippen LogP contribution in [0.25, 0.3) is 0 Å². The summed E-state index contributed by atoms with van der Waals surface area (Å²) >= 11 is 1.48. The van der Waals surface area contributed by atoms with Crippen LogP contribution in [0.1, 0.15) is 31.2 Å². The van der Waals surface area contributed by atoms with Crippen molar-refractivity contribution in [3.05, 3.63) is 35.3 Å². The number of carbonyl (C=O) groups excluding carboxylic acids is 1. The fourth-order valence-electron chi connectivity index (χ4n) is 3.40. The average Bonchev–Trinajstić information content (AvgIpc) is 3.25. The Morgan fingerprint density at radius 2 is 2.07 bits per heavy atom. The van der Waals surface area contributed by atoms with Crippen LogP contribution in [-0.2, 0) is 11.3 Å². The molecule has 1 aliphatic heterocycles. The van der Waals surface area contributed by atoms with Gasteiger partial charge in [-0.15, -0.1) is 23.7 Å². The predicted octanol–water partition coefficient (Wildman–Crippen LogP) is 3.90. The molecule has 0 bridgehead atoms. The Kier molecular flexibility index (Phi) is 9.02. The van der Waals surface area contributed by atoms with Crippen molar-refractivity contribution in [2.45, 2.75) is 32.2 Å². The van der Waals surface area contributed by atoms with Crippen molar-refractivity contribution in [3.63, 3.8) is 0 Å². The number of anilines is 1. The number of piperidine rings is 1. The molecule has 0 saturated carbocycles. The monoisotopic (exact) mass is 425 g/mol. The standard InChI is InChI=1S/C20H27N3O3S.ClH/c1-25-17-5-4-16(18(13-17)26-2)14-23(20-22-11-12-27-20)19(24)6-3-15-7-9-21-10-8-15;/h4-5,11-13,15,21H,3,6-10,14H2,1-2H3;1H. The van der Waals surface area contributed by atoms with Gasteiger partial charge in [0.1, 0.15) is 11.5 Å². The Morgan fingerprint density at radius 1 is 1.29 bits per heavy atom. The van der Waals surface area contributed by atoms with Crippen molar-refractivity contribution < 1.29 is 14.3 Å². The fraction of sp³-hybridized carbons (Fsp3) is 0.500. The summed E-state index contributed by atoms with van der Waals surface area (Å²) in [5.41, 5.74) is 0.934. The van der Waals surface area contributed by atoms with Gasteiger partial charge in [0, 0.05) is 29.6 Å². The van der Waals surface area contributed by atoms with Crippen molar-refractivity contribution in [2.75, 3.05) is 32.2 Å². The molecule has 8 heteroatoms. The topological polar surface area (TPSA) is 63.7 Å². The number of thiazole rings is 1. The molecule has 0 radical (unpaired) electrons. The molecular formula is C20H28ClN3O3S. The predicted molar refractivity (Wildman–Crippen MR) is 115 cm³/mol. The lowest BCUT2D eigenvalue weighted by atomic mass is 9.93. The smallest absolute Gasteiger partial charge is 0.229 e. The summed E-state index contributed by atoms with van der Waals surface area (Å²) in [6.45, 7) is 2.54. The van der Waals surface area contributed by atoms with E-state index in [1.54, 1.807) is 25.3 Å². The molecule has 2 aromatic rings. The highest BCUT2D eigenvalue weighted by atomic mass is 35.5. The van der Waals surface area contributed by atoms with E-state index in [2.05, 4.69) is 10.3 Å². The highest BCUT2D eigenvalue weighted by Gasteiger charge is 2.22. The lowest BCUT2D eigenvalue weighted by molar-refractivity contribution is -0.119. The van der Waals surface area contributed by atoms with Crippen LogP contribution in [0.5, 0.6) is 11.5 Å². The maximum Gasteiger partial charge on any atom is 0.229 e. The first-order chi connectivity index (χ1) is 13.2. The van der Waals surface area contributed by atoms with E-state index in [4.69, 9.17) is 9.47 Å². The third-order valence-electron chi connectivity index (χ3n) is 5.00. The summed E-state index contributed by atoms with van der Waals surface area (Å²) in [6.07, 6.45) is 5.51. The number of aromatic nitrogens is 1. The molecule has 2 heterocycles. The van der Waals surface area contributed by atoms with Gasteiger partial charge >= 0.3 is 0 Å². The largest absolute Gasteiger partial charge is 0.497 e. The SMILES string of the molecule is COc1ccc(CN(C(=O)CCC2CCNCC2)c2nccs2)c(OC)c1.Cl. The van der Waals surface area contributed by atoms with Gasteiger partial charge in [-0.3, -0.25) is 9.69 Å². The van der Waals surface area contributed by atoms with Crippen molar-refractivity contribution in [2.24, 2.45) is 5.92 Å². The molecule has 1 aliphatic rings. The van der Waals surface area contributed by atoms with Gasteiger partial charge in [-0.2, -0.15) is 0 Å². The summed E-state index contributed by atoms with van der Waals surface area (Å²) in [4.78, 5) is 19.2. The molecule has 6 nitrogen and oxygen atoms in total. The summed E-state index contributed by atoms with van der Waals surface area (Å²) in [6, 6.07) is 5.67. The van der Waals surface area contributed by atoms with Gasteiger partial charge in [0.25, 0.3) is 0 Å². The number of rotatable bonds is 8. The molecule has 0 spiro atoms. The normalized spacial score (nSPS) is 14.2. The van der Waals surface area contributed by atoms with Crippen molar-refractivity contribution in [1.82, 2.24) is 10.3 Å². The third-order valence-corrected chi connectivity index (χ3v) is 5.79. The molecule has 0 unspecified atom stereocenters. The molecule has 0 atom stereocenters. The van der Waals surface area contributed by atoms with Crippen LogP contribution in [0, 0.1) is 5.92 Å². The molecule has 1 aromatic carbocycles. The second-order valence-electron chi connectivity index (χ2n) is 6.70. The number of halogens is 1. The third kappa shape index (κ3) is 5.83. The van der Waals surface area contributed by atoms with E-state index in [9.17, 15) is 4.79 Å². The zero-order valence-corrected chi connectivity index (χ0v) is 18.0. The quantitative estimate of drug-likeness (QED) is 0.695. The molecule has 154 valence electrons. The number of nitrogens with zero attached hydrogens (tertiary/aromatic N) is 2. The Hall–Kier alpha value is -1.83. The van der Waals surface area contributed by atoms with Gasteiger partial charge in [-0.25, -0.2) is 4.98 Å². The van der Waals surface area contributed by atoms with E-state index in [-0.39, 0.29) is 18.3 Å². The van der Waals surface area contributed by atoms with E-state index >= 15 is 0 Å². The summed E-state index contributed by atoms with van der Waals surface area (Å²) in [7, 11) is 3.26. The van der Waals surface area contributed by atoms with Crippen LogP contribution in [-0.4, -0.2) is 38.2 Å². The molecule has 1 fully saturated rings. The van der Waals surface area contributed by atoms with Gasteiger partial charge in [-0.1, -0.05) is 0 Å². The van der Waals surface area contributed by atoms with Gasteiger partial charge in [-0.05, 0) is 50.4 Å². The average molecular weight is 426 g/mol. The molecule has 28 heavy (non-hydrogen) atoms. The Bertz CT molecular complexity index is 736. The van der Waals surface area contributed by atoms with Gasteiger partial charge in [0.05, 0.1) is 20.8 Å². The molecular weight excluding hydrogens is 398 g/mol. The van der Waals surface area contributed by atoms with E-state index < -0.39 is 0 Å². The summed E-state index contributed by atoms with van der Waals surface area (Å²) in [5.74, 6) is 2.18. The van der Waals surface area contributed by atoms with Crippen molar-refractivity contribution >= 4 is 34.8 Å². The molecule has 1 saturated heterocycles. The second-order valence-corrected chi connectivity index (χ2v) is 7.58. The lowest BCUT2D eigenvalue weighted by Gasteiger charge is -2.25. The highest BCUT2D eigenvalue weighted by molar-refractivity contribution is 7.13. The van der Waals surface area contributed by atoms with E-state index in [1.807, 2.05) is 23.6 Å². The minimum absolute atomic E-state index is 0. The zero-order chi connectivity index (χ0) is 19.1. The summed E-state index contributed by atoms with van der Waals surface area (Å²) < 4.78 is 10.8. The van der Waals surface area contributed by atoms with E-state index in [0.717, 1.165) is 48.8 Å². The number of methoxy groups -OCH3 is 2. The zero-order valence-electron chi connectivity index (χ0n) is 16.3. The van der Waals surface area contributed by atoms with Gasteiger partial charge in [0.2, 0.25) is 5.91 Å². The first-order valence-electron chi connectivity index (χ1n) is 9.32. The number of hydrogen-bond acceptors (Lipinski definition) is 6. The van der Waals surface area contributed by atoms with Crippen LogP contribution in [0.2, 0.25) is 0 Å². The number of benzene rings is 1. The maximum atomic E-state index is 13.0. The van der Waals surface area contributed by atoms with Crippen molar-refractivity contribution in [3.8, 4) is 11.5 Å². The van der Waals surface area contributed by atoms with Gasteiger partial charge in [0.15, 0.2) is 5.13 Å². The van der Waals surface area contributed by atoms with Crippen LogP contribution in [0.15, 0.2) is 29.8 Å². The minimum atomic E-state index is 0.